The van der Waals surface area contributed by atoms with Crippen LogP contribution in [0.3, 0.4) is 0 Å². The van der Waals surface area contributed by atoms with Gasteiger partial charge in [-0.15, -0.1) is 0 Å². The first-order valence-electron chi connectivity index (χ1n) is 7.65. The fourth-order valence-corrected chi connectivity index (χ4v) is 1.93. The summed E-state index contributed by atoms with van der Waals surface area (Å²) in [5.41, 5.74) is 0.944. The van der Waals surface area contributed by atoms with E-state index < -0.39 is 17.9 Å². The molecule has 0 radical (unpaired) electrons. The highest BCUT2D eigenvalue weighted by molar-refractivity contribution is 5.97. The Balaban J connectivity index is 2.73. The average Bonchev–Trinajstić information content (AvgIpc) is 2.46. The van der Waals surface area contributed by atoms with E-state index in [4.69, 9.17) is 5.11 Å². The minimum Gasteiger partial charge on any atom is -0.480 e. The van der Waals surface area contributed by atoms with Crippen molar-refractivity contribution in [3.8, 4) is 0 Å². The number of benzene rings is 1. The van der Waals surface area contributed by atoms with Gasteiger partial charge in [-0.25, -0.2) is 4.79 Å². The molecule has 0 saturated carbocycles. The maximum Gasteiger partial charge on any atom is 0.326 e. The summed E-state index contributed by atoms with van der Waals surface area (Å²) in [4.78, 5) is 34.9. The van der Waals surface area contributed by atoms with Crippen molar-refractivity contribution in [2.75, 3.05) is 5.32 Å². The molecule has 1 atom stereocenters. The number of aliphatic carboxylic acids is 1. The number of carboxylic acid groups (broad SMARTS) is 1. The molecule has 0 aliphatic rings. The molecule has 23 heavy (non-hydrogen) atoms. The fourth-order valence-electron chi connectivity index (χ4n) is 1.93. The molecule has 6 nitrogen and oxygen atoms in total. The molecule has 0 spiro atoms. The number of carboxylic acids is 1. The van der Waals surface area contributed by atoms with Gasteiger partial charge in [0.25, 0.3) is 5.91 Å². The highest BCUT2D eigenvalue weighted by Crippen LogP contribution is 2.12. The number of rotatable bonds is 7. The molecule has 3 N–H and O–H groups in total. The van der Waals surface area contributed by atoms with Crippen molar-refractivity contribution in [2.45, 2.75) is 40.2 Å². The maximum atomic E-state index is 12.1. The molecule has 0 fully saturated rings. The van der Waals surface area contributed by atoms with Gasteiger partial charge in [-0.05, 0) is 36.6 Å². The van der Waals surface area contributed by atoms with E-state index in [9.17, 15) is 14.4 Å². The first kappa shape index (κ1) is 18.7. The van der Waals surface area contributed by atoms with Crippen LogP contribution in [-0.2, 0) is 9.59 Å². The molecule has 6 heteroatoms. The predicted octanol–water partition coefficient (Wildman–Crippen LogP) is 2.51. The number of carbonyl (C=O) groups is 3. The fraction of sp³-hybridized carbons (Fsp3) is 0.471. The van der Waals surface area contributed by atoms with Gasteiger partial charge in [-0.1, -0.05) is 27.7 Å². The van der Waals surface area contributed by atoms with Crippen LogP contribution in [0.2, 0.25) is 0 Å². The van der Waals surface area contributed by atoms with Crippen molar-refractivity contribution in [1.29, 1.82) is 0 Å². The number of nitrogens with one attached hydrogen (secondary N) is 2. The molecule has 0 aliphatic heterocycles. The lowest BCUT2D eigenvalue weighted by Crippen LogP contribution is -2.41. The standard InChI is InChI=1S/C17H24N2O4/c1-10(2)9-14(17(22)23)19-16(21)12-5-7-13(8-6-12)18-15(20)11(3)4/h5-8,10-11,14H,9H2,1-4H3,(H,18,20)(H,19,21)(H,22,23)/t14-/m1/s1. The quantitative estimate of drug-likeness (QED) is 0.719. The van der Waals surface area contributed by atoms with E-state index in [0.717, 1.165) is 0 Å². The zero-order valence-corrected chi connectivity index (χ0v) is 13.9. The molecule has 0 saturated heterocycles. The molecule has 1 aromatic carbocycles. The highest BCUT2D eigenvalue weighted by Gasteiger charge is 2.21. The predicted molar refractivity (Wildman–Crippen MR) is 88.3 cm³/mol. The van der Waals surface area contributed by atoms with Crippen LogP contribution in [0, 0.1) is 11.8 Å². The summed E-state index contributed by atoms with van der Waals surface area (Å²) in [5, 5.41) is 14.4. The van der Waals surface area contributed by atoms with Crippen LogP contribution in [0.15, 0.2) is 24.3 Å². The molecule has 2 amide bonds. The molecule has 1 rings (SSSR count). The van der Waals surface area contributed by atoms with Gasteiger partial charge >= 0.3 is 5.97 Å². The highest BCUT2D eigenvalue weighted by atomic mass is 16.4. The minimum absolute atomic E-state index is 0.106. The van der Waals surface area contributed by atoms with E-state index in [-0.39, 0.29) is 17.7 Å². The number of anilines is 1. The van der Waals surface area contributed by atoms with Crippen molar-refractivity contribution in [3.05, 3.63) is 29.8 Å². The Morgan fingerprint density at radius 1 is 1.04 bits per heavy atom. The van der Waals surface area contributed by atoms with Crippen molar-refractivity contribution in [3.63, 3.8) is 0 Å². The number of hydrogen-bond acceptors (Lipinski definition) is 3. The third-order valence-corrected chi connectivity index (χ3v) is 3.25. The Morgan fingerprint density at radius 3 is 2.04 bits per heavy atom. The lowest BCUT2D eigenvalue weighted by molar-refractivity contribution is -0.139. The Hall–Kier alpha value is -2.37. The second kappa shape index (κ2) is 8.31. The van der Waals surface area contributed by atoms with Crippen molar-refractivity contribution >= 4 is 23.5 Å². The molecule has 0 heterocycles. The molecule has 0 unspecified atom stereocenters. The summed E-state index contributed by atoms with van der Waals surface area (Å²) < 4.78 is 0. The third-order valence-electron chi connectivity index (χ3n) is 3.25. The first-order valence-corrected chi connectivity index (χ1v) is 7.65. The second-order valence-corrected chi connectivity index (χ2v) is 6.22. The summed E-state index contributed by atoms with van der Waals surface area (Å²) in [7, 11) is 0. The smallest absolute Gasteiger partial charge is 0.326 e. The van der Waals surface area contributed by atoms with Gasteiger partial charge in [-0.2, -0.15) is 0 Å². The molecule has 0 aliphatic carbocycles. The van der Waals surface area contributed by atoms with Gasteiger partial charge < -0.3 is 15.7 Å². The molecule has 0 aromatic heterocycles. The van der Waals surface area contributed by atoms with Crippen LogP contribution in [0.1, 0.15) is 44.5 Å². The van der Waals surface area contributed by atoms with Gasteiger partial charge in [0, 0.05) is 17.2 Å². The third kappa shape index (κ3) is 6.10. The van der Waals surface area contributed by atoms with Crippen LogP contribution in [0.25, 0.3) is 0 Å². The number of hydrogen-bond donors (Lipinski definition) is 3. The van der Waals surface area contributed by atoms with E-state index >= 15 is 0 Å². The largest absolute Gasteiger partial charge is 0.480 e. The summed E-state index contributed by atoms with van der Waals surface area (Å²) in [5.74, 6) is -1.58. The van der Waals surface area contributed by atoms with Gasteiger partial charge in [0.05, 0.1) is 0 Å². The zero-order chi connectivity index (χ0) is 17.6. The van der Waals surface area contributed by atoms with Gasteiger partial charge in [-0.3, -0.25) is 9.59 Å². The van der Waals surface area contributed by atoms with E-state index in [1.54, 1.807) is 38.1 Å². The summed E-state index contributed by atoms with van der Waals surface area (Å²) in [6.45, 7) is 7.37. The molecule has 1 aromatic rings. The Bertz CT molecular complexity index is 564. The Morgan fingerprint density at radius 2 is 1.61 bits per heavy atom. The average molecular weight is 320 g/mol. The lowest BCUT2D eigenvalue weighted by atomic mass is 10.0. The van der Waals surface area contributed by atoms with Crippen molar-refractivity contribution < 1.29 is 19.5 Å². The maximum absolute atomic E-state index is 12.1. The van der Waals surface area contributed by atoms with Gasteiger partial charge in [0.15, 0.2) is 0 Å². The Kier molecular flexibility index (Phi) is 6.75. The van der Waals surface area contributed by atoms with E-state index in [0.29, 0.717) is 17.7 Å². The summed E-state index contributed by atoms with van der Waals surface area (Å²) >= 11 is 0. The second-order valence-electron chi connectivity index (χ2n) is 6.22. The summed E-state index contributed by atoms with van der Waals surface area (Å²) in [6, 6.07) is 5.43. The molecular formula is C17H24N2O4. The molecule has 126 valence electrons. The summed E-state index contributed by atoms with van der Waals surface area (Å²) in [6.07, 6.45) is 0.365. The van der Waals surface area contributed by atoms with E-state index in [1.165, 1.54) is 0 Å². The van der Waals surface area contributed by atoms with Gasteiger partial charge in [0.1, 0.15) is 6.04 Å². The SMILES string of the molecule is CC(C)C[C@@H](NC(=O)c1ccc(NC(=O)C(C)C)cc1)C(=O)O. The minimum atomic E-state index is -1.05. The van der Waals surface area contributed by atoms with Crippen LogP contribution < -0.4 is 10.6 Å². The normalized spacial score (nSPS) is 12.1. The Labute approximate surface area is 136 Å². The van der Waals surface area contributed by atoms with Crippen molar-refractivity contribution in [2.24, 2.45) is 11.8 Å². The van der Waals surface area contributed by atoms with Crippen LogP contribution in [0.5, 0.6) is 0 Å². The molecular weight excluding hydrogens is 296 g/mol. The van der Waals surface area contributed by atoms with Crippen LogP contribution in [-0.4, -0.2) is 28.9 Å². The topological polar surface area (TPSA) is 95.5 Å². The van der Waals surface area contributed by atoms with E-state index in [1.807, 2.05) is 13.8 Å². The van der Waals surface area contributed by atoms with E-state index in [2.05, 4.69) is 10.6 Å². The number of amides is 2. The lowest BCUT2D eigenvalue weighted by Gasteiger charge is -2.16. The zero-order valence-electron chi connectivity index (χ0n) is 13.9. The monoisotopic (exact) mass is 320 g/mol. The number of carbonyl (C=O) groups excluding carboxylic acids is 2. The van der Waals surface area contributed by atoms with Crippen molar-refractivity contribution in [1.82, 2.24) is 5.32 Å². The first-order chi connectivity index (χ1) is 10.7. The van der Waals surface area contributed by atoms with Crippen LogP contribution >= 0.6 is 0 Å². The van der Waals surface area contributed by atoms with Crippen LogP contribution in [0.4, 0.5) is 5.69 Å². The van der Waals surface area contributed by atoms with Gasteiger partial charge in [0.2, 0.25) is 5.91 Å². The molecule has 0 bridgehead atoms.